The van der Waals surface area contributed by atoms with Gasteiger partial charge in [0, 0.05) is 13.1 Å². The molecular weight excluding hydrogens is 278 g/mol. The molecule has 0 radical (unpaired) electrons. The molecule has 1 aliphatic heterocycles. The van der Waals surface area contributed by atoms with Gasteiger partial charge in [-0.3, -0.25) is 4.79 Å². The molecule has 2 rings (SSSR count). The number of aromatic hydroxyl groups is 1. The molecule has 0 aliphatic carbocycles. The van der Waals surface area contributed by atoms with Crippen LogP contribution in [-0.4, -0.2) is 36.1 Å². The Morgan fingerprint density at radius 2 is 2.14 bits per heavy atom. The minimum Gasteiger partial charge on any atom is -0.504 e. The van der Waals surface area contributed by atoms with Crippen molar-refractivity contribution in [1.82, 2.24) is 4.90 Å². The van der Waals surface area contributed by atoms with Crippen LogP contribution in [0.5, 0.6) is 11.5 Å². The highest BCUT2D eigenvalue weighted by atomic mass is 16.5. The molecule has 1 N–H and O–H groups in total. The molecule has 1 unspecified atom stereocenters. The van der Waals surface area contributed by atoms with Crippen molar-refractivity contribution in [2.75, 3.05) is 20.2 Å². The lowest BCUT2D eigenvalue weighted by atomic mass is 9.76. The van der Waals surface area contributed by atoms with Gasteiger partial charge in [-0.15, -0.1) is 0 Å². The standard InChI is InChI=1S/C18H27NO3/c1-18(2,3)14-6-5-9-19(12-14)17(21)11-13-7-8-16(22-4)15(20)10-13/h7-8,10,14,20H,5-6,9,11-12H2,1-4H3. The van der Waals surface area contributed by atoms with E-state index in [0.29, 0.717) is 18.1 Å². The fraction of sp³-hybridized carbons (Fsp3) is 0.611. The summed E-state index contributed by atoms with van der Waals surface area (Å²) in [5.74, 6) is 1.20. The zero-order chi connectivity index (χ0) is 16.3. The van der Waals surface area contributed by atoms with Crippen molar-refractivity contribution in [3.05, 3.63) is 23.8 Å². The van der Waals surface area contributed by atoms with Crippen molar-refractivity contribution in [2.24, 2.45) is 11.3 Å². The summed E-state index contributed by atoms with van der Waals surface area (Å²) in [5.41, 5.74) is 1.05. The lowest BCUT2D eigenvalue weighted by molar-refractivity contribution is -0.133. The first-order chi connectivity index (χ1) is 10.3. The van der Waals surface area contributed by atoms with Gasteiger partial charge in [0.05, 0.1) is 13.5 Å². The molecule has 0 bridgehead atoms. The van der Waals surface area contributed by atoms with Crippen LogP contribution in [0.25, 0.3) is 0 Å². The first-order valence-electron chi connectivity index (χ1n) is 7.95. The van der Waals surface area contributed by atoms with Gasteiger partial charge in [-0.2, -0.15) is 0 Å². The van der Waals surface area contributed by atoms with Gasteiger partial charge in [0.2, 0.25) is 5.91 Å². The summed E-state index contributed by atoms with van der Waals surface area (Å²) in [6.07, 6.45) is 2.59. The molecule has 0 spiro atoms. The Labute approximate surface area is 133 Å². The van der Waals surface area contributed by atoms with E-state index in [2.05, 4.69) is 20.8 Å². The number of carbonyl (C=O) groups excluding carboxylic acids is 1. The minimum absolute atomic E-state index is 0.0824. The molecule has 4 heteroatoms. The second kappa shape index (κ2) is 6.59. The van der Waals surface area contributed by atoms with Crippen LogP contribution < -0.4 is 4.74 Å². The van der Waals surface area contributed by atoms with Gasteiger partial charge in [0.1, 0.15) is 0 Å². The third-order valence-corrected chi connectivity index (χ3v) is 4.60. The predicted octanol–water partition coefficient (Wildman–Crippen LogP) is 3.23. The molecular formula is C18H27NO3. The Balaban J connectivity index is 2.01. The molecule has 1 aromatic rings. The fourth-order valence-electron chi connectivity index (χ4n) is 3.04. The number of ether oxygens (including phenoxy) is 1. The van der Waals surface area contributed by atoms with Gasteiger partial charge in [-0.1, -0.05) is 26.8 Å². The van der Waals surface area contributed by atoms with Crippen LogP contribution in [0, 0.1) is 11.3 Å². The first-order valence-corrected chi connectivity index (χ1v) is 7.95. The summed E-state index contributed by atoms with van der Waals surface area (Å²) < 4.78 is 5.03. The summed E-state index contributed by atoms with van der Waals surface area (Å²) in [7, 11) is 1.51. The molecule has 1 aliphatic rings. The normalized spacial score (nSPS) is 19.1. The van der Waals surface area contributed by atoms with E-state index in [1.165, 1.54) is 13.5 Å². The predicted molar refractivity (Wildman–Crippen MR) is 87.1 cm³/mol. The molecule has 122 valence electrons. The molecule has 0 aromatic heterocycles. The van der Waals surface area contributed by atoms with Gasteiger partial charge in [-0.25, -0.2) is 0 Å². The van der Waals surface area contributed by atoms with Crippen molar-refractivity contribution in [1.29, 1.82) is 0 Å². The number of likely N-dealkylation sites (tertiary alicyclic amines) is 1. The van der Waals surface area contributed by atoms with E-state index < -0.39 is 0 Å². The molecule has 0 saturated carbocycles. The third-order valence-electron chi connectivity index (χ3n) is 4.60. The van der Waals surface area contributed by atoms with Gasteiger partial charge < -0.3 is 14.7 Å². The lowest BCUT2D eigenvalue weighted by Crippen LogP contribution is -2.44. The number of methoxy groups -OCH3 is 1. The molecule has 1 amide bonds. The zero-order valence-corrected chi connectivity index (χ0v) is 14.1. The van der Waals surface area contributed by atoms with E-state index in [-0.39, 0.29) is 17.1 Å². The highest BCUT2D eigenvalue weighted by molar-refractivity contribution is 5.79. The Kier molecular flexibility index (Phi) is 4.99. The summed E-state index contributed by atoms with van der Waals surface area (Å²) >= 11 is 0. The summed E-state index contributed by atoms with van der Waals surface area (Å²) in [6, 6.07) is 5.15. The number of hydrogen-bond donors (Lipinski definition) is 1. The zero-order valence-electron chi connectivity index (χ0n) is 14.1. The molecule has 1 aromatic carbocycles. The summed E-state index contributed by atoms with van der Waals surface area (Å²) in [4.78, 5) is 14.5. The highest BCUT2D eigenvalue weighted by Gasteiger charge is 2.31. The molecule has 1 atom stereocenters. The monoisotopic (exact) mass is 305 g/mol. The van der Waals surface area contributed by atoms with E-state index in [0.717, 1.165) is 25.1 Å². The van der Waals surface area contributed by atoms with Crippen molar-refractivity contribution < 1.29 is 14.6 Å². The Morgan fingerprint density at radius 3 is 2.73 bits per heavy atom. The average molecular weight is 305 g/mol. The van der Waals surface area contributed by atoms with Crippen molar-refractivity contribution >= 4 is 5.91 Å². The van der Waals surface area contributed by atoms with E-state index in [9.17, 15) is 9.90 Å². The Bertz CT molecular complexity index is 534. The number of piperidine rings is 1. The van der Waals surface area contributed by atoms with Crippen molar-refractivity contribution in [3.63, 3.8) is 0 Å². The topological polar surface area (TPSA) is 49.8 Å². The van der Waals surface area contributed by atoms with Crippen LogP contribution >= 0.6 is 0 Å². The lowest BCUT2D eigenvalue weighted by Gasteiger charge is -2.39. The second-order valence-electron chi connectivity index (χ2n) is 7.23. The summed E-state index contributed by atoms with van der Waals surface area (Å²) in [5, 5.41) is 9.81. The largest absolute Gasteiger partial charge is 0.504 e. The first kappa shape index (κ1) is 16.7. The van der Waals surface area contributed by atoms with Crippen LogP contribution in [0.2, 0.25) is 0 Å². The molecule has 22 heavy (non-hydrogen) atoms. The number of nitrogens with zero attached hydrogens (tertiary/aromatic N) is 1. The second-order valence-corrected chi connectivity index (χ2v) is 7.23. The molecule has 1 saturated heterocycles. The van der Waals surface area contributed by atoms with Gasteiger partial charge in [-0.05, 0) is 41.9 Å². The van der Waals surface area contributed by atoms with Crippen LogP contribution in [0.15, 0.2) is 18.2 Å². The van der Waals surface area contributed by atoms with Crippen LogP contribution in [-0.2, 0) is 11.2 Å². The van der Waals surface area contributed by atoms with E-state index in [4.69, 9.17) is 4.74 Å². The molecule has 1 heterocycles. The third kappa shape index (κ3) is 3.93. The van der Waals surface area contributed by atoms with Gasteiger partial charge in [0.15, 0.2) is 11.5 Å². The maximum absolute atomic E-state index is 12.5. The highest BCUT2D eigenvalue weighted by Crippen LogP contribution is 2.33. The van der Waals surface area contributed by atoms with Gasteiger partial charge in [0.25, 0.3) is 0 Å². The Hall–Kier alpha value is -1.71. The SMILES string of the molecule is COc1ccc(CC(=O)N2CCCC(C(C)(C)C)C2)cc1O. The minimum atomic E-state index is 0.0824. The number of rotatable bonds is 3. The summed E-state index contributed by atoms with van der Waals surface area (Å²) in [6.45, 7) is 8.41. The number of phenols is 1. The number of carbonyl (C=O) groups is 1. The molecule has 1 fully saturated rings. The van der Waals surface area contributed by atoms with E-state index >= 15 is 0 Å². The van der Waals surface area contributed by atoms with Crippen molar-refractivity contribution in [2.45, 2.75) is 40.0 Å². The van der Waals surface area contributed by atoms with E-state index in [1.54, 1.807) is 12.1 Å². The average Bonchev–Trinajstić information content (AvgIpc) is 2.46. The van der Waals surface area contributed by atoms with Crippen LogP contribution in [0.1, 0.15) is 39.2 Å². The van der Waals surface area contributed by atoms with Gasteiger partial charge >= 0.3 is 0 Å². The number of hydrogen-bond acceptors (Lipinski definition) is 3. The Morgan fingerprint density at radius 1 is 1.41 bits per heavy atom. The quantitative estimate of drug-likeness (QED) is 0.932. The maximum Gasteiger partial charge on any atom is 0.227 e. The molecule has 4 nitrogen and oxygen atoms in total. The van der Waals surface area contributed by atoms with E-state index in [1.807, 2.05) is 11.0 Å². The fourth-order valence-corrected chi connectivity index (χ4v) is 3.04. The number of amides is 1. The maximum atomic E-state index is 12.5. The van der Waals surface area contributed by atoms with Crippen molar-refractivity contribution in [3.8, 4) is 11.5 Å². The smallest absolute Gasteiger partial charge is 0.227 e. The number of benzene rings is 1. The van der Waals surface area contributed by atoms with Crippen LogP contribution in [0.4, 0.5) is 0 Å². The number of phenolic OH excluding ortho intramolecular Hbond substituents is 1. The van der Waals surface area contributed by atoms with Crippen LogP contribution in [0.3, 0.4) is 0 Å².